The van der Waals surface area contributed by atoms with Gasteiger partial charge in [0.2, 0.25) is 0 Å². The van der Waals surface area contributed by atoms with E-state index in [9.17, 15) is 9.59 Å². The van der Waals surface area contributed by atoms with Gasteiger partial charge >= 0.3 is 5.76 Å². The number of nitrogens with one attached hydrogen (secondary N) is 1. The summed E-state index contributed by atoms with van der Waals surface area (Å²) in [6.45, 7) is 8.35. The molecular formula is C32H33CaClN4O4. The van der Waals surface area contributed by atoms with Crippen LogP contribution in [0.4, 0.5) is 0 Å². The van der Waals surface area contributed by atoms with Crippen LogP contribution in [0.2, 0.25) is 0 Å². The maximum atomic E-state index is 13.9. The van der Waals surface area contributed by atoms with Crippen LogP contribution in [0.1, 0.15) is 44.3 Å². The van der Waals surface area contributed by atoms with Crippen LogP contribution >= 0.6 is 12.4 Å². The van der Waals surface area contributed by atoms with E-state index in [4.69, 9.17) is 14.2 Å². The summed E-state index contributed by atoms with van der Waals surface area (Å²) in [6.07, 6.45) is 1.66. The minimum absolute atomic E-state index is 0. The third-order valence-corrected chi connectivity index (χ3v) is 6.65. The van der Waals surface area contributed by atoms with E-state index in [1.807, 2.05) is 93.6 Å². The molecule has 2 heterocycles. The molecule has 1 N–H and O–H groups in total. The van der Waals surface area contributed by atoms with Crippen molar-refractivity contribution in [1.29, 1.82) is 0 Å². The molecule has 0 bridgehead atoms. The Kier molecular flexibility index (Phi) is 11.8. The first-order valence-electron chi connectivity index (χ1n) is 13.5. The molecule has 214 valence electrons. The number of ether oxygens (including phenoxy) is 1. The van der Waals surface area contributed by atoms with E-state index in [-0.39, 0.29) is 61.8 Å². The molecule has 3 aromatic carbocycles. The molecule has 2 aromatic heterocycles. The van der Waals surface area contributed by atoms with E-state index in [0.717, 1.165) is 51.5 Å². The first-order valence-corrected chi connectivity index (χ1v) is 13.5. The van der Waals surface area contributed by atoms with Gasteiger partial charge in [-0.05, 0) is 61.6 Å². The number of hydrogen-bond acceptors (Lipinski definition) is 6. The molecule has 0 fully saturated rings. The number of aryl methyl sites for hydroxylation is 2. The predicted molar refractivity (Wildman–Crippen MR) is 169 cm³/mol. The molecule has 0 aliphatic rings. The quantitative estimate of drug-likeness (QED) is 0.203. The van der Waals surface area contributed by atoms with Gasteiger partial charge < -0.3 is 4.74 Å². The standard InChI is InChI=1S/C32H32N4O4.Ca.ClH/c1-5-8-28-33-21(4)29(24-15-17-25(18-16-24)39-20(2)3)31(37)36(28)19-22-11-13-23(14-12-22)26-9-6-7-10-27(26)30-34-32(38)40-35-30;;/h6-7,9-18,20H,5,8,19H2,1-4H3,(H,34,35,38);;1H. The van der Waals surface area contributed by atoms with E-state index < -0.39 is 5.76 Å². The van der Waals surface area contributed by atoms with Gasteiger partial charge in [-0.25, -0.2) is 9.78 Å². The second kappa shape index (κ2) is 14.8. The SMILES string of the molecule is CCCc1nc(C)c(-c2ccc(OC(C)C)cc2)c(=O)n1Cc1ccc(-c2ccccc2-c2noc(=O)[nH]2)cc1.Cl.[Ca]. The van der Waals surface area contributed by atoms with E-state index in [2.05, 4.69) is 17.1 Å². The fourth-order valence-corrected chi connectivity index (χ4v) is 4.86. The van der Waals surface area contributed by atoms with Crippen molar-refractivity contribution < 1.29 is 9.26 Å². The van der Waals surface area contributed by atoms with Gasteiger partial charge in [-0.3, -0.25) is 18.9 Å². The van der Waals surface area contributed by atoms with Crippen LogP contribution in [0.3, 0.4) is 0 Å². The van der Waals surface area contributed by atoms with E-state index >= 15 is 0 Å². The molecule has 0 atom stereocenters. The zero-order chi connectivity index (χ0) is 28.2. The monoisotopic (exact) mass is 612 g/mol. The van der Waals surface area contributed by atoms with Crippen molar-refractivity contribution >= 4 is 50.1 Å². The van der Waals surface area contributed by atoms with Crippen LogP contribution in [-0.2, 0) is 13.0 Å². The number of H-pyrrole nitrogens is 1. The molecule has 42 heavy (non-hydrogen) atoms. The number of aromatic nitrogens is 4. The normalized spacial score (nSPS) is 10.7. The third-order valence-electron chi connectivity index (χ3n) is 6.65. The van der Waals surface area contributed by atoms with Crippen molar-refractivity contribution in [3.8, 4) is 39.4 Å². The van der Waals surface area contributed by atoms with Gasteiger partial charge in [-0.1, -0.05) is 72.7 Å². The van der Waals surface area contributed by atoms with Crippen molar-refractivity contribution in [2.24, 2.45) is 0 Å². The van der Waals surface area contributed by atoms with Gasteiger partial charge in [0, 0.05) is 49.7 Å². The number of benzene rings is 3. The van der Waals surface area contributed by atoms with Crippen LogP contribution in [-0.4, -0.2) is 63.5 Å². The van der Waals surface area contributed by atoms with Gasteiger partial charge in [0.15, 0.2) is 5.82 Å². The summed E-state index contributed by atoms with van der Waals surface area (Å²) in [7, 11) is 0. The van der Waals surface area contributed by atoms with Crippen molar-refractivity contribution in [2.75, 3.05) is 0 Å². The Labute approximate surface area is 280 Å². The van der Waals surface area contributed by atoms with E-state index in [0.29, 0.717) is 24.4 Å². The molecular weight excluding hydrogens is 580 g/mol. The number of rotatable bonds is 9. The number of hydrogen-bond donors (Lipinski definition) is 1. The van der Waals surface area contributed by atoms with Gasteiger partial charge in [0.25, 0.3) is 5.56 Å². The molecule has 2 radical (unpaired) electrons. The van der Waals surface area contributed by atoms with Crippen molar-refractivity contribution in [1.82, 2.24) is 19.7 Å². The van der Waals surface area contributed by atoms with Crippen LogP contribution in [0, 0.1) is 6.92 Å². The van der Waals surface area contributed by atoms with E-state index in [1.165, 1.54) is 0 Å². The third kappa shape index (κ3) is 7.42. The van der Waals surface area contributed by atoms with Gasteiger partial charge in [0.05, 0.1) is 23.9 Å². The molecule has 5 rings (SSSR count). The first-order chi connectivity index (χ1) is 19.3. The van der Waals surface area contributed by atoms with Gasteiger partial charge in [0.1, 0.15) is 11.6 Å². The second-order valence-corrected chi connectivity index (χ2v) is 10.0. The first kappa shape index (κ1) is 33.3. The molecule has 0 aliphatic heterocycles. The van der Waals surface area contributed by atoms with Crippen LogP contribution in [0.5, 0.6) is 5.75 Å². The van der Waals surface area contributed by atoms with E-state index in [1.54, 1.807) is 4.57 Å². The average molecular weight is 613 g/mol. The summed E-state index contributed by atoms with van der Waals surface area (Å²) in [6, 6.07) is 23.3. The summed E-state index contributed by atoms with van der Waals surface area (Å²) in [5, 5.41) is 3.84. The largest absolute Gasteiger partial charge is 0.491 e. The Morgan fingerprint density at radius 3 is 2.17 bits per heavy atom. The molecule has 0 unspecified atom stereocenters. The van der Waals surface area contributed by atoms with Crippen LogP contribution in [0.25, 0.3) is 33.6 Å². The Hall–Kier alpha value is -3.17. The zero-order valence-electron chi connectivity index (χ0n) is 24.2. The number of nitrogens with zero attached hydrogens (tertiary/aromatic N) is 3. The van der Waals surface area contributed by atoms with Crippen LogP contribution < -0.4 is 16.1 Å². The predicted octanol–water partition coefficient (Wildman–Crippen LogP) is 6.06. The molecule has 5 aromatic rings. The fourth-order valence-electron chi connectivity index (χ4n) is 4.86. The summed E-state index contributed by atoms with van der Waals surface area (Å²) < 4.78 is 12.3. The topological polar surface area (TPSA) is 103 Å². The summed E-state index contributed by atoms with van der Waals surface area (Å²) >= 11 is 0. The molecule has 10 heteroatoms. The van der Waals surface area contributed by atoms with Crippen molar-refractivity contribution in [3.05, 3.63) is 111 Å². The summed E-state index contributed by atoms with van der Waals surface area (Å²) in [4.78, 5) is 32.9. The molecule has 0 aliphatic carbocycles. The summed E-state index contributed by atoms with van der Waals surface area (Å²) in [5.41, 5.74) is 5.69. The fraction of sp³-hybridized carbons (Fsp3) is 0.250. The summed E-state index contributed by atoms with van der Waals surface area (Å²) in [5.74, 6) is 1.32. The van der Waals surface area contributed by atoms with Crippen molar-refractivity contribution in [3.63, 3.8) is 0 Å². The maximum Gasteiger partial charge on any atom is 0.439 e. The van der Waals surface area contributed by atoms with Gasteiger partial charge in [-0.2, -0.15) is 0 Å². The molecule has 8 nitrogen and oxygen atoms in total. The van der Waals surface area contributed by atoms with Crippen molar-refractivity contribution in [2.45, 2.75) is 53.2 Å². The molecule has 0 spiro atoms. The van der Waals surface area contributed by atoms with Crippen LogP contribution in [0.15, 0.2) is 86.9 Å². The average Bonchev–Trinajstić information content (AvgIpc) is 3.38. The Morgan fingerprint density at radius 1 is 0.929 bits per heavy atom. The zero-order valence-corrected chi connectivity index (χ0v) is 27.2. The second-order valence-electron chi connectivity index (χ2n) is 10.0. The number of aromatic amines is 1. The molecule has 0 amide bonds. The molecule has 0 saturated carbocycles. The molecule has 0 saturated heterocycles. The smallest absolute Gasteiger partial charge is 0.439 e. The minimum atomic E-state index is -0.598. The minimum Gasteiger partial charge on any atom is -0.491 e. The Bertz CT molecular complexity index is 1740. The Balaban J connectivity index is 0.00000242. The number of halogens is 1. The van der Waals surface area contributed by atoms with Gasteiger partial charge in [-0.15, -0.1) is 12.4 Å². The maximum absolute atomic E-state index is 13.9. The Morgan fingerprint density at radius 2 is 1.57 bits per heavy atom.